The van der Waals surface area contributed by atoms with Crippen molar-refractivity contribution in [3.8, 4) is 0 Å². The monoisotopic (exact) mass is 164 g/mol. The highest BCUT2D eigenvalue weighted by Gasteiger charge is 2.21. The molecule has 0 aromatic rings. The molecule has 0 aromatic heterocycles. The van der Waals surface area contributed by atoms with Crippen molar-refractivity contribution in [2.45, 2.75) is 18.9 Å². The summed E-state index contributed by atoms with van der Waals surface area (Å²) in [7, 11) is 0. The molecule has 64 valence electrons. The summed E-state index contributed by atoms with van der Waals surface area (Å²) in [6.45, 7) is 1.38. The largest absolute Gasteiger partial charge is 0.347 e. The lowest BCUT2D eigenvalue weighted by Crippen LogP contribution is -2.39. The molecule has 11 heavy (non-hydrogen) atoms. The lowest BCUT2D eigenvalue weighted by Gasteiger charge is -2.09. The van der Waals surface area contributed by atoms with Crippen molar-refractivity contribution in [2.24, 2.45) is 0 Å². The fourth-order valence-electron chi connectivity index (χ4n) is 1.04. The Morgan fingerprint density at radius 2 is 2.36 bits per heavy atom. The van der Waals surface area contributed by atoms with E-state index in [4.69, 9.17) is 0 Å². The maximum absolute atomic E-state index is 11.6. The van der Waals surface area contributed by atoms with Crippen LogP contribution in [0.5, 0.6) is 0 Å². The van der Waals surface area contributed by atoms with Crippen molar-refractivity contribution in [1.29, 1.82) is 0 Å². The molecule has 5 heteroatoms. The summed E-state index contributed by atoms with van der Waals surface area (Å²) in [6, 6.07) is -0.114. The molecule has 1 atom stereocenters. The fourth-order valence-corrected chi connectivity index (χ4v) is 1.04. The normalized spacial score (nSPS) is 24.1. The van der Waals surface area contributed by atoms with Gasteiger partial charge in [-0.1, -0.05) is 0 Å². The van der Waals surface area contributed by atoms with Crippen molar-refractivity contribution in [3.05, 3.63) is 0 Å². The summed E-state index contributed by atoms with van der Waals surface area (Å²) in [5.74, 6) is -1.17. The Morgan fingerprint density at radius 3 is 2.82 bits per heavy atom. The summed E-state index contributed by atoms with van der Waals surface area (Å²) in [6.07, 6.45) is -2.16. The average molecular weight is 164 g/mol. The first-order valence-corrected chi connectivity index (χ1v) is 3.49. The summed E-state index contributed by atoms with van der Waals surface area (Å²) < 4.78 is 23.3. The van der Waals surface area contributed by atoms with Crippen LogP contribution >= 0.6 is 0 Å². The van der Waals surface area contributed by atoms with Crippen molar-refractivity contribution < 1.29 is 13.6 Å². The first-order chi connectivity index (χ1) is 5.20. The van der Waals surface area contributed by atoms with Crippen LogP contribution in [0.15, 0.2) is 0 Å². The molecule has 1 heterocycles. The quantitative estimate of drug-likeness (QED) is 0.590. The molecule has 0 aliphatic carbocycles. The van der Waals surface area contributed by atoms with Gasteiger partial charge in [0.2, 0.25) is 0 Å². The predicted octanol–water partition coefficient (Wildman–Crippen LogP) is -0.270. The number of carbonyl (C=O) groups excluding carboxylic acids is 1. The summed E-state index contributed by atoms with van der Waals surface area (Å²) in [5, 5.41) is 5.18. The van der Waals surface area contributed by atoms with E-state index in [1.54, 1.807) is 0 Å². The number of rotatable bonds is 2. The third-order valence-electron chi connectivity index (χ3n) is 1.60. The van der Waals surface area contributed by atoms with Gasteiger partial charge in [-0.25, -0.2) is 0 Å². The zero-order valence-electron chi connectivity index (χ0n) is 5.94. The van der Waals surface area contributed by atoms with Crippen molar-refractivity contribution in [1.82, 2.24) is 10.6 Å². The number of hydrogen-bond donors (Lipinski definition) is 2. The van der Waals surface area contributed by atoms with Gasteiger partial charge in [0.05, 0.1) is 0 Å². The van der Waals surface area contributed by atoms with E-state index in [1.165, 1.54) is 0 Å². The Labute approximate surface area is 63.2 Å². The van der Waals surface area contributed by atoms with Crippen LogP contribution in [-0.4, -0.2) is 31.5 Å². The van der Waals surface area contributed by atoms with E-state index in [0.717, 1.165) is 13.0 Å². The second-order valence-electron chi connectivity index (χ2n) is 2.50. The minimum Gasteiger partial charge on any atom is -0.347 e. The predicted molar refractivity (Wildman–Crippen MR) is 35.4 cm³/mol. The third-order valence-corrected chi connectivity index (χ3v) is 1.60. The Balaban J connectivity index is 2.24. The second kappa shape index (κ2) is 3.61. The number of alkyl halides is 2. The van der Waals surface area contributed by atoms with Gasteiger partial charge in [0, 0.05) is 12.6 Å². The smallest absolute Gasteiger partial charge is 0.315 e. The average Bonchev–Trinajstić information content (AvgIpc) is 2.39. The number of carbonyl (C=O) groups is 1. The number of hydrogen-bond acceptors (Lipinski definition) is 2. The minimum atomic E-state index is -2.89. The van der Waals surface area contributed by atoms with E-state index in [9.17, 15) is 13.6 Å². The molecule has 0 saturated carbocycles. The van der Waals surface area contributed by atoms with Crippen LogP contribution in [0.2, 0.25) is 0 Å². The second-order valence-corrected chi connectivity index (χ2v) is 2.50. The Kier molecular flexibility index (Phi) is 2.76. The molecule has 0 bridgehead atoms. The van der Waals surface area contributed by atoms with Gasteiger partial charge in [-0.3, -0.25) is 4.79 Å². The number of halogens is 2. The molecule has 2 N–H and O–H groups in total. The fraction of sp³-hybridized carbons (Fsp3) is 0.833. The van der Waals surface area contributed by atoms with Gasteiger partial charge in [0.25, 0.3) is 5.91 Å². The van der Waals surface area contributed by atoms with Gasteiger partial charge in [0.1, 0.15) is 0 Å². The molecule has 1 rings (SSSR count). The zero-order valence-corrected chi connectivity index (χ0v) is 5.94. The Bertz CT molecular complexity index is 146. The molecule has 1 fully saturated rings. The SMILES string of the molecule is O=C(N[C@@H]1CCNC1)C(F)F. The van der Waals surface area contributed by atoms with E-state index in [2.05, 4.69) is 10.6 Å². The highest BCUT2D eigenvalue weighted by Crippen LogP contribution is 1.99. The molecule has 0 aromatic carbocycles. The van der Waals surface area contributed by atoms with Crippen LogP contribution in [0.25, 0.3) is 0 Å². The summed E-state index contributed by atoms with van der Waals surface area (Å²) >= 11 is 0. The molecule has 3 nitrogen and oxygen atoms in total. The molecule has 0 radical (unpaired) electrons. The maximum Gasteiger partial charge on any atom is 0.315 e. The van der Waals surface area contributed by atoms with Gasteiger partial charge in [0.15, 0.2) is 0 Å². The highest BCUT2D eigenvalue weighted by molar-refractivity contribution is 5.79. The minimum absolute atomic E-state index is 0.114. The number of nitrogens with one attached hydrogen (secondary N) is 2. The summed E-state index contributed by atoms with van der Waals surface area (Å²) in [4.78, 5) is 10.4. The van der Waals surface area contributed by atoms with Crippen LogP contribution in [0.1, 0.15) is 6.42 Å². The van der Waals surface area contributed by atoms with Crippen molar-refractivity contribution in [3.63, 3.8) is 0 Å². The molecular weight excluding hydrogens is 154 g/mol. The Hall–Kier alpha value is -0.710. The molecule has 1 amide bonds. The number of amides is 1. The van der Waals surface area contributed by atoms with E-state index in [1.807, 2.05) is 0 Å². The van der Waals surface area contributed by atoms with Crippen LogP contribution in [0.3, 0.4) is 0 Å². The van der Waals surface area contributed by atoms with Crippen molar-refractivity contribution >= 4 is 5.91 Å². The molecule has 1 aliphatic rings. The van der Waals surface area contributed by atoms with E-state index in [-0.39, 0.29) is 6.04 Å². The van der Waals surface area contributed by atoms with E-state index in [0.29, 0.717) is 6.54 Å². The first kappa shape index (κ1) is 8.39. The van der Waals surface area contributed by atoms with E-state index >= 15 is 0 Å². The van der Waals surface area contributed by atoms with Crippen LogP contribution in [0, 0.1) is 0 Å². The lowest BCUT2D eigenvalue weighted by molar-refractivity contribution is -0.132. The third kappa shape index (κ3) is 2.42. The van der Waals surface area contributed by atoms with Crippen LogP contribution in [0.4, 0.5) is 8.78 Å². The van der Waals surface area contributed by atoms with Crippen LogP contribution < -0.4 is 10.6 Å². The van der Waals surface area contributed by atoms with E-state index < -0.39 is 12.3 Å². The highest BCUT2D eigenvalue weighted by atomic mass is 19.3. The lowest BCUT2D eigenvalue weighted by atomic mass is 10.2. The standard InChI is InChI=1S/C6H10F2N2O/c7-5(8)6(11)10-4-1-2-9-3-4/h4-5,9H,1-3H2,(H,10,11)/t4-/m1/s1. The van der Waals surface area contributed by atoms with Gasteiger partial charge in [-0.15, -0.1) is 0 Å². The first-order valence-electron chi connectivity index (χ1n) is 3.49. The molecule has 1 saturated heterocycles. The van der Waals surface area contributed by atoms with Gasteiger partial charge >= 0.3 is 6.43 Å². The van der Waals surface area contributed by atoms with Crippen LogP contribution in [-0.2, 0) is 4.79 Å². The zero-order chi connectivity index (χ0) is 8.27. The molecule has 0 spiro atoms. The molecular formula is C6H10F2N2O. The summed E-state index contributed by atoms with van der Waals surface area (Å²) in [5.41, 5.74) is 0. The topological polar surface area (TPSA) is 41.1 Å². The van der Waals surface area contributed by atoms with Gasteiger partial charge in [-0.05, 0) is 13.0 Å². The molecule has 0 unspecified atom stereocenters. The van der Waals surface area contributed by atoms with Gasteiger partial charge < -0.3 is 10.6 Å². The van der Waals surface area contributed by atoms with Gasteiger partial charge in [-0.2, -0.15) is 8.78 Å². The van der Waals surface area contributed by atoms with Crippen molar-refractivity contribution in [2.75, 3.05) is 13.1 Å². The maximum atomic E-state index is 11.6. The Morgan fingerprint density at radius 1 is 1.64 bits per heavy atom. The molecule has 1 aliphatic heterocycles.